The van der Waals surface area contributed by atoms with Crippen molar-refractivity contribution in [3.05, 3.63) is 11.6 Å². The molecule has 8 nitrogen and oxygen atoms in total. The van der Waals surface area contributed by atoms with Gasteiger partial charge in [-0.2, -0.15) is 0 Å². The Bertz CT molecular complexity index is 843. The second-order valence-electron chi connectivity index (χ2n) is 11.0. The van der Waals surface area contributed by atoms with Crippen LogP contribution in [0.5, 0.6) is 0 Å². The second-order valence-corrected chi connectivity index (χ2v) is 11.0. The summed E-state index contributed by atoms with van der Waals surface area (Å²) >= 11 is 0. The van der Waals surface area contributed by atoms with Gasteiger partial charge >= 0.3 is 0 Å². The third-order valence-corrected chi connectivity index (χ3v) is 9.43. The molecule has 0 heterocycles. The molecule has 0 aromatic heterocycles. The lowest BCUT2D eigenvalue weighted by atomic mass is 9.46. The first-order chi connectivity index (χ1) is 15.6. The summed E-state index contributed by atoms with van der Waals surface area (Å²) in [5.74, 6) is 0.207. The molecule has 4 aliphatic carbocycles. The summed E-state index contributed by atoms with van der Waals surface area (Å²) in [6.07, 6.45) is 4.67. The zero-order valence-corrected chi connectivity index (χ0v) is 20.6. The van der Waals surface area contributed by atoms with Crippen LogP contribution >= 0.6 is 0 Å². The highest BCUT2D eigenvalue weighted by atomic mass is 16.6. The van der Waals surface area contributed by atoms with Crippen LogP contribution in [0.1, 0.15) is 59.3 Å². The second kappa shape index (κ2) is 8.95. The number of hydrogen-bond acceptors (Lipinski definition) is 8. The number of oxime groups is 2. The highest BCUT2D eigenvalue weighted by Crippen LogP contribution is 2.67. The van der Waals surface area contributed by atoms with Gasteiger partial charge in [0, 0.05) is 24.4 Å². The molecule has 0 aromatic rings. The van der Waals surface area contributed by atoms with Crippen molar-refractivity contribution in [1.29, 1.82) is 0 Å². The van der Waals surface area contributed by atoms with Crippen LogP contribution in [-0.4, -0.2) is 72.0 Å². The molecule has 0 radical (unpaired) electrons. The highest BCUT2D eigenvalue weighted by Gasteiger charge is 2.66. The Morgan fingerprint density at radius 2 is 1.85 bits per heavy atom. The van der Waals surface area contributed by atoms with Crippen LogP contribution in [0.3, 0.4) is 0 Å². The molecule has 4 rings (SSSR count). The van der Waals surface area contributed by atoms with Crippen LogP contribution in [0, 0.1) is 28.6 Å². The smallest absolute Gasteiger partial charge is 0.140 e. The van der Waals surface area contributed by atoms with Crippen LogP contribution in [-0.2, 0) is 14.4 Å². The summed E-state index contributed by atoms with van der Waals surface area (Å²) in [5, 5.41) is 42.0. The van der Waals surface area contributed by atoms with Crippen molar-refractivity contribution in [2.75, 3.05) is 27.4 Å². The Balaban J connectivity index is 1.71. The van der Waals surface area contributed by atoms with Crippen LogP contribution in [0.2, 0.25) is 0 Å². The summed E-state index contributed by atoms with van der Waals surface area (Å²) in [6.45, 7) is 7.24. The van der Waals surface area contributed by atoms with Crippen molar-refractivity contribution in [3.63, 3.8) is 0 Å². The van der Waals surface area contributed by atoms with E-state index in [1.54, 1.807) is 7.11 Å². The van der Waals surface area contributed by atoms with Gasteiger partial charge in [-0.05, 0) is 68.4 Å². The van der Waals surface area contributed by atoms with E-state index in [1.165, 1.54) is 7.11 Å². The molecule has 33 heavy (non-hydrogen) atoms. The minimum absolute atomic E-state index is 0.0211. The lowest BCUT2D eigenvalue weighted by Gasteiger charge is -2.60. The number of rotatable bonds is 6. The van der Waals surface area contributed by atoms with Crippen molar-refractivity contribution in [3.8, 4) is 0 Å². The Morgan fingerprint density at radius 1 is 1.09 bits per heavy atom. The van der Waals surface area contributed by atoms with Crippen molar-refractivity contribution in [2.24, 2.45) is 38.9 Å². The predicted molar refractivity (Wildman–Crippen MR) is 125 cm³/mol. The van der Waals surface area contributed by atoms with Gasteiger partial charge in [-0.3, -0.25) is 0 Å². The number of methoxy groups -OCH3 is 1. The molecule has 8 atom stereocenters. The average Bonchev–Trinajstić information content (AvgIpc) is 3.05. The molecule has 186 valence electrons. The van der Waals surface area contributed by atoms with Crippen LogP contribution in [0.25, 0.3) is 0 Å². The molecule has 3 fully saturated rings. The van der Waals surface area contributed by atoms with E-state index in [0.29, 0.717) is 32.5 Å². The number of aliphatic hydroxyl groups is 3. The molecule has 0 aliphatic heterocycles. The van der Waals surface area contributed by atoms with Crippen molar-refractivity contribution in [1.82, 2.24) is 0 Å². The van der Waals surface area contributed by atoms with Gasteiger partial charge in [-0.15, -0.1) is 0 Å². The number of nitrogens with zero attached hydrogens (tertiary/aromatic N) is 2. The van der Waals surface area contributed by atoms with Gasteiger partial charge in [0.25, 0.3) is 0 Å². The minimum Gasteiger partial charge on any atom is -0.399 e. The minimum atomic E-state index is -0.993. The monoisotopic (exact) mass is 464 g/mol. The molecule has 0 spiro atoms. The van der Waals surface area contributed by atoms with E-state index in [1.807, 2.05) is 13.0 Å². The highest BCUT2D eigenvalue weighted by molar-refractivity contribution is 5.99. The largest absolute Gasteiger partial charge is 0.399 e. The van der Waals surface area contributed by atoms with Gasteiger partial charge in [0.1, 0.15) is 13.7 Å². The van der Waals surface area contributed by atoms with Crippen molar-refractivity contribution < 1.29 is 29.7 Å². The SMILES string of the molecule is COCCON=C(C)[C@H]1CC[C@@]2(O)C3=C/C(=N\OC)[C@@H]4C[C@@H](O)[C@@H](O)C[C@]4(C)C3CC[C@]12C. The quantitative estimate of drug-likeness (QED) is 0.316. The van der Waals surface area contributed by atoms with E-state index in [0.717, 1.165) is 36.3 Å². The topological polar surface area (TPSA) is 113 Å². The Labute approximate surface area is 196 Å². The van der Waals surface area contributed by atoms with E-state index >= 15 is 0 Å². The van der Waals surface area contributed by atoms with Gasteiger partial charge in [0.2, 0.25) is 0 Å². The van der Waals surface area contributed by atoms with E-state index in [2.05, 4.69) is 24.2 Å². The third kappa shape index (κ3) is 3.74. The lowest BCUT2D eigenvalue weighted by Crippen LogP contribution is -2.61. The van der Waals surface area contributed by atoms with Crippen molar-refractivity contribution in [2.45, 2.75) is 77.1 Å². The maximum atomic E-state index is 12.3. The summed E-state index contributed by atoms with van der Waals surface area (Å²) in [5.41, 5.74) is 0.999. The molecule has 8 heteroatoms. The normalized spacial score (nSPS) is 46.3. The first kappa shape index (κ1) is 24.6. The van der Waals surface area contributed by atoms with E-state index in [-0.39, 0.29) is 28.6 Å². The lowest BCUT2D eigenvalue weighted by molar-refractivity contribution is -0.116. The van der Waals surface area contributed by atoms with Gasteiger partial charge in [-0.25, -0.2) is 0 Å². The maximum absolute atomic E-state index is 12.3. The number of hydrogen-bond donors (Lipinski definition) is 3. The number of aliphatic hydroxyl groups excluding tert-OH is 2. The molecular formula is C25H40N2O6. The molecular weight excluding hydrogens is 424 g/mol. The molecule has 0 aromatic carbocycles. The molecule has 3 N–H and O–H groups in total. The van der Waals surface area contributed by atoms with Crippen molar-refractivity contribution >= 4 is 11.4 Å². The molecule has 0 amide bonds. The van der Waals surface area contributed by atoms with Gasteiger partial charge in [0.05, 0.1) is 35.8 Å². The van der Waals surface area contributed by atoms with Crippen LogP contribution < -0.4 is 0 Å². The Hall–Kier alpha value is -1.48. The molecule has 1 unspecified atom stereocenters. The standard InChI is InChI=1S/C25H40N2O6/c1-15(26-33-11-10-31-4)16-7-9-25(30)18-12-20(27-32-5)19-13-21(28)22(29)14-23(19,2)17(18)6-8-24(16,25)3/h12,16-17,19,21-22,28-30H,6-11,13-14H2,1-5H3/b26-15?,27-20+/t16-,17?,19+,21-,22+,23-,24-,25-/m1/s1. The third-order valence-electron chi connectivity index (χ3n) is 9.43. The Kier molecular flexibility index (Phi) is 6.68. The Morgan fingerprint density at radius 3 is 2.55 bits per heavy atom. The number of ether oxygens (including phenoxy) is 1. The number of fused-ring (bicyclic) bond motifs is 5. The summed E-state index contributed by atoms with van der Waals surface area (Å²) in [4.78, 5) is 10.6. The average molecular weight is 465 g/mol. The van der Waals surface area contributed by atoms with E-state index in [9.17, 15) is 15.3 Å². The molecule has 0 saturated heterocycles. The summed E-state index contributed by atoms with van der Waals surface area (Å²) in [7, 11) is 3.16. The zero-order chi connectivity index (χ0) is 24.0. The fraction of sp³-hybridized carbons (Fsp3) is 0.840. The molecule has 3 saturated carbocycles. The van der Waals surface area contributed by atoms with Gasteiger partial charge < -0.3 is 29.7 Å². The summed E-state index contributed by atoms with van der Waals surface area (Å²) < 4.78 is 5.03. The first-order valence-corrected chi connectivity index (χ1v) is 12.2. The zero-order valence-electron chi connectivity index (χ0n) is 20.6. The van der Waals surface area contributed by atoms with E-state index < -0.39 is 17.8 Å². The fourth-order valence-corrected chi connectivity index (χ4v) is 7.59. The number of allylic oxidation sites excluding steroid dienone is 1. The van der Waals surface area contributed by atoms with Gasteiger partial charge in [-0.1, -0.05) is 24.2 Å². The maximum Gasteiger partial charge on any atom is 0.140 e. The fourth-order valence-electron chi connectivity index (χ4n) is 7.59. The van der Waals surface area contributed by atoms with Crippen LogP contribution in [0.15, 0.2) is 22.0 Å². The van der Waals surface area contributed by atoms with Gasteiger partial charge in [0.15, 0.2) is 0 Å². The molecule has 0 bridgehead atoms. The first-order valence-electron chi connectivity index (χ1n) is 12.2. The summed E-state index contributed by atoms with van der Waals surface area (Å²) in [6, 6.07) is 0. The van der Waals surface area contributed by atoms with E-state index in [4.69, 9.17) is 14.4 Å². The van der Waals surface area contributed by atoms with Crippen LogP contribution in [0.4, 0.5) is 0 Å². The predicted octanol–water partition coefficient (Wildman–Crippen LogP) is 2.66. The molecule has 4 aliphatic rings.